The molecule has 1 N–H and O–H groups in total. The normalized spacial score (nSPS) is 12.9. The molecule has 1 unspecified atom stereocenters. The zero-order chi connectivity index (χ0) is 13.0. The third-order valence-electron chi connectivity index (χ3n) is 3.37. The molecule has 0 heterocycles. The van der Waals surface area contributed by atoms with Gasteiger partial charge in [-0.05, 0) is 37.6 Å². The van der Waals surface area contributed by atoms with Crippen molar-refractivity contribution in [2.75, 3.05) is 19.0 Å². The van der Waals surface area contributed by atoms with Crippen LogP contribution in [-0.2, 0) is 6.54 Å². The van der Waals surface area contributed by atoms with Gasteiger partial charge in [0, 0.05) is 30.3 Å². The Bertz CT molecular complexity index is 363. The Morgan fingerprint density at radius 1 is 1.29 bits per heavy atom. The fraction of sp³-hybridized carbons (Fsp3) is 0.571. The van der Waals surface area contributed by atoms with Crippen LogP contribution in [0.15, 0.2) is 18.2 Å². The number of rotatable bonds is 5. The van der Waals surface area contributed by atoms with Crippen molar-refractivity contribution in [1.82, 2.24) is 5.32 Å². The lowest BCUT2D eigenvalue weighted by atomic mass is 10.0. The first-order valence-electron chi connectivity index (χ1n) is 6.13. The van der Waals surface area contributed by atoms with Crippen molar-refractivity contribution >= 4 is 17.3 Å². The molecule has 0 aliphatic rings. The summed E-state index contributed by atoms with van der Waals surface area (Å²) in [4.78, 5) is 2.31. The quantitative estimate of drug-likeness (QED) is 0.865. The van der Waals surface area contributed by atoms with E-state index in [1.807, 2.05) is 19.2 Å². The molecule has 1 rings (SSSR count). The Kier molecular flexibility index (Phi) is 5.29. The van der Waals surface area contributed by atoms with E-state index in [9.17, 15) is 0 Å². The predicted molar refractivity (Wildman–Crippen MR) is 76.9 cm³/mol. The van der Waals surface area contributed by atoms with Gasteiger partial charge in [-0.3, -0.25) is 0 Å². The Morgan fingerprint density at radius 2 is 1.94 bits per heavy atom. The Balaban J connectivity index is 3.05. The summed E-state index contributed by atoms with van der Waals surface area (Å²) in [7, 11) is 4.10. The lowest BCUT2D eigenvalue weighted by molar-refractivity contribution is 0.504. The summed E-state index contributed by atoms with van der Waals surface area (Å²) in [5.74, 6) is 0.612. The summed E-state index contributed by atoms with van der Waals surface area (Å²) < 4.78 is 0. The van der Waals surface area contributed by atoms with E-state index in [-0.39, 0.29) is 0 Å². The second kappa shape index (κ2) is 6.27. The van der Waals surface area contributed by atoms with Crippen LogP contribution in [0.4, 0.5) is 5.69 Å². The molecular formula is C14H23ClN2. The highest BCUT2D eigenvalue weighted by atomic mass is 35.5. The summed E-state index contributed by atoms with van der Waals surface area (Å²) in [6.07, 6.45) is 0. The zero-order valence-corrected chi connectivity index (χ0v) is 12.2. The van der Waals surface area contributed by atoms with Gasteiger partial charge in [-0.2, -0.15) is 0 Å². The van der Waals surface area contributed by atoms with Gasteiger partial charge in [-0.15, -0.1) is 0 Å². The molecule has 3 heteroatoms. The molecule has 0 radical (unpaired) electrons. The standard InChI is InChI=1S/C14H23ClN2/c1-10(2)11(3)17(5)14-8-13(15)7-6-12(14)9-16-4/h6-8,10-11,16H,9H2,1-5H3. The molecule has 96 valence electrons. The van der Waals surface area contributed by atoms with E-state index in [4.69, 9.17) is 11.6 Å². The van der Waals surface area contributed by atoms with Crippen molar-refractivity contribution in [3.8, 4) is 0 Å². The number of anilines is 1. The van der Waals surface area contributed by atoms with E-state index in [2.05, 4.69) is 44.1 Å². The monoisotopic (exact) mass is 254 g/mol. The van der Waals surface area contributed by atoms with Crippen molar-refractivity contribution in [1.29, 1.82) is 0 Å². The van der Waals surface area contributed by atoms with Crippen LogP contribution >= 0.6 is 11.6 Å². The van der Waals surface area contributed by atoms with Crippen molar-refractivity contribution in [3.05, 3.63) is 28.8 Å². The SMILES string of the molecule is CNCc1ccc(Cl)cc1N(C)C(C)C(C)C. The van der Waals surface area contributed by atoms with Gasteiger partial charge in [0.25, 0.3) is 0 Å². The fourth-order valence-electron chi connectivity index (χ4n) is 1.87. The molecule has 0 aliphatic carbocycles. The van der Waals surface area contributed by atoms with Crippen LogP contribution in [-0.4, -0.2) is 20.1 Å². The highest BCUT2D eigenvalue weighted by molar-refractivity contribution is 6.30. The Morgan fingerprint density at radius 3 is 2.47 bits per heavy atom. The predicted octanol–water partition coefficient (Wildman–Crippen LogP) is 3.54. The summed E-state index contributed by atoms with van der Waals surface area (Å²) in [5, 5.41) is 3.99. The summed E-state index contributed by atoms with van der Waals surface area (Å²) in [5.41, 5.74) is 2.50. The van der Waals surface area contributed by atoms with Crippen LogP contribution in [0, 0.1) is 5.92 Å². The molecular weight excluding hydrogens is 232 g/mol. The van der Waals surface area contributed by atoms with E-state index >= 15 is 0 Å². The molecule has 1 aromatic rings. The number of nitrogens with one attached hydrogen (secondary N) is 1. The van der Waals surface area contributed by atoms with Gasteiger partial charge < -0.3 is 10.2 Å². The minimum absolute atomic E-state index is 0.490. The maximum absolute atomic E-state index is 6.10. The number of hydrogen-bond donors (Lipinski definition) is 1. The fourth-order valence-corrected chi connectivity index (χ4v) is 2.04. The molecule has 0 spiro atoms. The summed E-state index contributed by atoms with van der Waals surface area (Å²) in [6, 6.07) is 6.58. The minimum Gasteiger partial charge on any atom is -0.371 e. The first-order chi connectivity index (χ1) is 7.97. The van der Waals surface area contributed by atoms with Crippen LogP contribution in [0.25, 0.3) is 0 Å². The molecule has 0 saturated heterocycles. The van der Waals surface area contributed by atoms with Gasteiger partial charge in [0.1, 0.15) is 0 Å². The Labute approximate surface area is 110 Å². The van der Waals surface area contributed by atoms with Crippen molar-refractivity contribution in [3.63, 3.8) is 0 Å². The first kappa shape index (κ1) is 14.3. The maximum Gasteiger partial charge on any atom is 0.0426 e. The second-order valence-electron chi connectivity index (χ2n) is 4.90. The Hall–Kier alpha value is -0.730. The summed E-state index contributed by atoms with van der Waals surface area (Å²) in [6.45, 7) is 7.59. The van der Waals surface area contributed by atoms with Gasteiger partial charge in [-0.25, -0.2) is 0 Å². The van der Waals surface area contributed by atoms with Crippen LogP contribution in [0.5, 0.6) is 0 Å². The highest BCUT2D eigenvalue weighted by Gasteiger charge is 2.16. The van der Waals surface area contributed by atoms with Gasteiger partial charge in [0.2, 0.25) is 0 Å². The molecule has 2 nitrogen and oxygen atoms in total. The second-order valence-corrected chi connectivity index (χ2v) is 5.34. The minimum atomic E-state index is 0.490. The zero-order valence-electron chi connectivity index (χ0n) is 11.4. The van der Waals surface area contributed by atoms with Crippen LogP contribution in [0.1, 0.15) is 26.3 Å². The largest absolute Gasteiger partial charge is 0.371 e. The number of benzene rings is 1. The number of hydrogen-bond acceptors (Lipinski definition) is 2. The number of nitrogens with zero attached hydrogens (tertiary/aromatic N) is 1. The van der Waals surface area contributed by atoms with Crippen molar-refractivity contribution in [2.45, 2.75) is 33.4 Å². The van der Waals surface area contributed by atoms with E-state index in [0.29, 0.717) is 12.0 Å². The van der Waals surface area contributed by atoms with Crippen LogP contribution in [0.3, 0.4) is 0 Å². The van der Waals surface area contributed by atoms with Gasteiger partial charge in [-0.1, -0.05) is 31.5 Å². The van der Waals surface area contributed by atoms with Gasteiger partial charge >= 0.3 is 0 Å². The molecule has 1 aromatic carbocycles. The molecule has 17 heavy (non-hydrogen) atoms. The smallest absolute Gasteiger partial charge is 0.0426 e. The lowest BCUT2D eigenvalue weighted by Crippen LogP contribution is -2.34. The van der Waals surface area contributed by atoms with E-state index in [0.717, 1.165) is 11.6 Å². The van der Waals surface area contributed by atoms with Crippen LogP contribution in [0.2, 0.25) is 5.02 Å². The third kappa shape index (κ3) is 3.62. The number of halogens is 1. The average Bonchev–Trinajstić information content (AvgIpc) is 2.29. The molecule has 0 fully saturated rings. The van der Waals surface area contributed by atoms with Crippen LogP contribution < -0.4 is 10.2 Å². The maximum atomic E-state index is 6.10. The van der Waals surface area contributed by atoms with Gasteiger partial charge in [0.15, 0.2) is 0 Å². The third-order valence-corrected chi connectivity index (χ3v) is 3.61. The molecule has 0 aliphatic heterocycles. The van der Waals surface area contributed by atoms with E-state index < -0.39 is 0 Å². The molecule has 0 amide bonds. The molecule has 0 saturated carbocycles. The topological polar surface area (TPSA) is 15.3 Å². The highest BCUT2D eigenvalue weighted by Crippen LogP contribution is 2.27. The van der Waals surface area contributed by atoms with Gasteiger partial charge in [0.05, 0.1) is 0 Å². The van der Waals surface area contributed by atoms with Crippen molar-refractivity contribution < 1.29 is 0 Å². The van der Waals surface area contributed by atoms with E-state index in [1.54, 1.807) is 0 Å². The molecule has 0 aromatic heterocycles. The average molecular weight is 255 g/mol. The van der Waals surface area contributed by atoms with Crippen molar-refractivity contribution in [2.24, 2.45) is 5.92 Å². The lowest BCUT2D eigenvalue weighted by Gasteiger charge is -2.31. The first-order valence-corrected chi connectivity index (χ1v) is 6.51. The molecule has 1 atom stereocenters. The van der Waals surface area contributed by atoms with E-state index in [1.165, 1.54) is 11.3 Å². The molecule has 0 bridgehead atoms. The summed E-state index contributed by atoms with van der Waals surface area (Å²) >= 11 is 6.10.